The predicted molar refractivity (Wildman–Crippen MR) is 92.8 cm³/mol. The van der Waals surface area contributed by atoms with Gasteiger partial charge in [0.25, 0.3) is 0 Å². The fourth-order valence-corrected chi connectivity index (χ4v) is 4.24. The van der Waals surface area contributed by atoms with Crippen molar-refractivity contribution >= 4 is 20.9 Å². The van der Waals surface area contributed by atoms with E-state index in [2.05, 4.69) is 9.71 Å². The molecule has 0 saturated heterocycles. The van der Waals surface area contributed by atoms with Crippen LogP contribution in [0.3, 0.4) is 0 Å². The first-order valence-corrected chi connectivity index (χ1v) is 9.10. The Morgan fingerprint density at radius 3 is 2.46 bits per heavy atom. The largest absolute Gasteiger partial charge is 0.361 e. The van der Waals surface area contributed by atoms with Gasteiger partial charge in [0.1, 0.15) is 5.82 Å². The van der Waals surface area contributed by atoms with Crippen molar-refractivity contribution < 1.29 is 12.8 Å². The van der Waals surface area contributed by atoms with Crippen molar-refractivity contribution in [3.8, 4) is 0 Å². The third-order valence-electron chi connectivity index (χ3n) is 3.84. The van der Waals surface area contributed by atoms with Crippen molar-refractivity contribution in [2.75, 3.05) is 0 Å². The van der Waals surface area contributed by atoms with E-state index in [0.29, 0.717) is 6.42 Å². The Kier molecular flexibility index (Phi) is 4.19. The van der Waals surface area contributed by atoms with Gasteiger partial charge in [0.2, 0.25) is 10.0 Å². The molecule has 2 aromatic carbocycles. The molecule has 0 unspecified atom stereocenters. The van der Waals surface area contributed by atoms with Gasteiger partial charge in [-0.1, -0.05) is 18.2 Å². The summed E-state index contributed by atoms with van der Waals surface area (Å²) in [6.45, 7) is 3.66. The molecule has 0 atom stereocenters. The molecule has 3 aromatic rings. The molecule has 1 aromatic heterocycles. The SMILES string of the molecule is CC(C)(Cc1c[nH]c2ccccc12)NS(=O)(=O)c1ccc(F)cc1. The van der Waals surface area contributed by atoms with Crippen LogP contribution in [0.5, 0.6) is 0 Å². The van der Waals surface area contributed by atoms with Crippen LogP contribution in [0.2, 0.25) is 0 Å². The smallest absolute Gasteiger partial charge is 0.241 e. The zero-order chi connectivity index (χ0) is 17.4. The summed E-state index contributed by atoms with van der Waals surface area (Å²) in [6, 6.07) is 12.7. The molecule has 0 bridgehead atoms. The molecule has 6 heteroatoms. The van der Waals surface area contributed by atoms with Gasteiger partial charge in [-0.15, -0.1) is 0 Å². The molecular weight excluding hydrogens is 327 g/mol. The normalized spacial score (nSPS) is 12.6. The van der Waals surface area contributed by atoms with Gasteiger partial charge < -0.3 is 4.98 Å². The number of fused-ring (bicyclic) bond motifs is 1. The molecular formula is C18H19FN2O2S. The summed E-state index contributed by atoms with van der Waals surface area (Å²) in [4.78, 5) is 3.24. The van der Waals surface area contributed by atoms with E-state index in [9.17, 15) is 12.8 Å². The fourth-order valence-electron chi connectivity index (χ4n) is 2.83. The minimum Gasteiger partial charge on any atom is -0.361 e. The number of aromatic nitrogens is 1. The van der Waals surface area contributed by atoms with Crippen LogP contribution in [0.25, 0.3) is 10.9 Å². The second-order valence-electron chi connectivity index (χ2n) is 6.48. The lowest BCUT2D eigenvalue weighted by molar-refractivity contribution is 0.451. The number of aromatic amines is 1. The third-order valence-corrected chi connectivity index (χ3v) is 5.56. The average Bonchev–Trinajstić information content (AvgIpc) is 2.89. The maximum atomic E-state index is 13.0. The number of benzene rings is 2. The predicted octanol–water partition coefficient (Wildman–Crippen LogP) is 3.61. The average molecular weight is 346 g/mol. The highest BCUT2D eigenvalue weighted by Gasteiger charge is 2.27. The van der Waals surface area contributed by atoms with Crippen molar-refractivity contribution in [2.24, 2.45) is 0 Å². The molecule has 0 spiro atoms. The number of H-pyrrole nitrogens is 1. The molecule has 126 valence electrons. The Balaban J connectivity index is 1.84. The van der Waals surface area contributed by atoms with Crippen LogP contribution in [0.4, 0.5) is 4.39 Å². The van der Waals surface area contributed by atoms with E-state index in [4.69, 9.17) is 0 Å². The highest BCUT2D eigenvalue weighted by molar-refractivity contribution is 7.89. The van der Waals surface area contributed by atoms with Gasteiger partial charge in [-0.2, -0.15) is 0 Å². The van der Waals surface area contributed by atoms with Gasteiger partial charge >= 0.3 is 0 Å². The first-order valence-electron chi connectivity index (χ1n) is 7.61. The van der Waals surface area contributed by atoms with Crippen LogP contribution in [-0.2, 0) is 16.4 Å². The second-order valence-corrected chi connectivity index (χ2v) is 8.16. The van der Waals surface area contributed by atoms with E-state index in [1.54, 1.807) is 0 Å². The Morgan fingerprint density at radius 1 is 1.08 bits per heavy atom. The molecule has 0 radical (unpaired) electrons. The van der Waals surface area contributed by atoms with Crippen LogP contribution in [0.15, 0.2) is 59.6 Å². The van der Waals surface area contributed by atoms with Gasteiger partial charge in [0.05, 0.1) is 4.90 Å². The van der Waals surface area contributed by atoms with Crippen LogP contribution in [-0.4, -0.2) is 18.9 Å². The summed E-state index contributed by atoms with van der Waals surface area (Å²) in [5.41, 5.74) is 1.36. The second kappa shape index (κ2) is 6.03. The van der Waals surface area contributed by atoms with Gasteiger partial charge in [-0.25, -0.2) is 17.5 Å². The highest BCUT2D eigenvalue weighted by Crippen LogP contribution is 2.23. The van der Waals surface area contributed by atoms with Crippen molar-refractivity contribution in [1.29, 1.82) is 0 Å². The first kappa shape index (κ1) is 16.7. The molecule has 24 heavy (non-hydrogen) atoms. The number of para-hydroxylation sites is 1. The summed E-state index contributed by atoms with van der Waals surface area (Å²) in [5, 5.41) is 1.08. The quantitative estimate of drug-likeness (QED) is 0.741. The number of hydrogen-bond acceptors (Lipinski definition) is 2. The molecule has 1 heterocycles. The van der Waals surface area contributed by atoms with E-state index in [-0.39, 0.29) is 4.90 Å². The maximum Gasteiger partial charge on any atom is 0.241 e. The number of hydrogen-bond donors (Lipinski definition) is 2. The summed E-state index contributed by atoms with van der Waals surface area (Å²) in [5.74, 6) is -0.466. The Hall–Kier alpha value is -2.18. The molecule has 2 N–H and O–H groups in total. The summed E-state index contributed by atoms with van der Waals surface area (Å²) < 4.78 is 40.7. The topological polar surface area (TPSA) is 62.0 Å². The molecule has 0 aliphatic rings. The van der Waals surface area contributed by atoms with Crippen LogP contribution >= 0.6 is 0 Å². The maximum absolute atomic E-state index is 13.0. The minimum atomic E-state index is -3.72. The van der Waals surface area contributed by atoms with Crippen LogP contribution < -0.4 is 4.72 Å². The molecule has 0 amide bonds. The van der Waals surface area contributed by atoms with Crippen molar-refractivity contribution in [3.05, 3.63) is 66.1 Å². The summed E-state index contributed by atoms with van der Waals surface area (Å²) >= 11 is 0. The van der Waals surface area contributed by atoms with Gasteiger partial charge in [0, 0.05) is 22.6 Å². The van der Waals surface area contributed by atoms with Gasteiger partial charge in [-0.05, 0) is 56.2 Å². The Morgan fingerprint density at radius 2 is 1.75 bits per heavy atom. The lowest BCUT2D eigenvalue weighted by Crippen LogP contribution is -2.44. The molecule has 0 fully saturated rings. The van der Waals surface area contributed by atoms with E-state index >= 15 is 0 Å². The van der Waals surface area contributed by atoms with E-state index in [1.165, 1.54) is 12.1 Å². The monoisotopic (exact) mass is 346 g/mol. The lowest BCUT2D eigenvalue weighted by atomic mass is 9.96. The number of halogens is 1. The Labute approximate surface area is 140 Å². The lowest BCUT2D eigenvalue weighted by Gasteiger charge is -2.26. The van der Waals surface area contributed by atoms with Crippen molar-refractivity contribution in [3.63, 3.8) is 0 Å². The Bertz CT molecular complexity index is 960. The first-order chi connectivity index (χ1) is 11.3. The fraction of sp³-hybridized carbons (Fsp3) is 0.222. The number of nitrogens with one attached hydrogen (secondary N) is 2. The number of sulfonamides is 1. The zero-order valence-electron chi connectivity index (χ0n) is 13.5. The molecule has 3 rings (SSSR count). The number of rotatable bonds is 5. The van der Waals surface area contributed by atoms with Gasteiger partial charge in [-0.3, -0.25) is 0 Å². The van der Waals surface area contributed by atoms with Gasteiger partial charge in [0.15, 0.2) is 0 Å². The summed E-state index contributed by atoms with van der Waals surface area (Å²) in [7, 11) is -3.72. The molecule has 0 saturated carbocycles. The molecule has 4 nitrogen and oxygen atoms in total. The summed E-state index contributed by atoms with van der Waals surface area (Å²) in [6.07, 6.45) is 2.43. The van der Waals surface area contributed by atoms with E-state index in [1.807, 2.05) is 44.3 Å². The molecule has 0 aliphatic carbocycles. The minimum absolute atomic E-state index is 0.0518. The zero-order valence-corrected chi connectivity index (χ0v) is 14.3. The van der Waals surface area contributed by atoms with E-state index in [0.717, 1.165) is 28.6 Å². The van der Waals surface area contributed by atoms with Crippen molar-refractivity contribution in [2.45, 2.75) is 30.7 Å². The van der Waals surface area contributed by atoms with E-state index < -0.39 is 21.4 Å². The van der Waals surface area contributed by atoms with Crippen LogP contribution in [0.1, 0.15) is 19.4 Å². The third kappa shape index (κ3) is 3.49. The standard InChI is InChI=1S/C18H19FN2O2S/c1-18(2,11-13-12-20-17-6-4-3-5-16(13)17)21-24(22,23)15-9-7-14(19)8-10-15/h3-10,12,20-21H,11H2,1-2H3. The highest BCUT2D eigenvalue weighted by atomic mass is 32.2. The van der Waals surface area contributed by atoms with Crippen LogP contribution in [0, 0.1) is 5.82 Å². The van der Waals surface area contributed by atoms with Crippen molar-refractivity contribution in [1.82, 2.24) is 9.71 Å². The molecule has 0 aliphatic heterocycles.